The number of morpholine rings is 1. The van der Waals surface area contributed by atoms with Crippen molar-refractivity contribution in [3.05, 3.63) is 0 Å². The van der Waals surface area contributed by atoms with Gasteiger partial charge in [0.05, 0.1) is 13.2 Å². The van der Waals surface area contributed by atoms with Crippen LogP contribution >= 0.6 is 0 Å². The molecule has 5 heteroatoms. The summed E-state index contributed by atoms with van der Waals surface area (Å²) in [6.07, 6.45) is 6.05. The van der Waals surface area contributed by atoms with E-state index < -0.39 is 0 Å². The van der Waals surface area contributed by atoms with Crippen molar-refractivity contribution >= 4 is 5.91 Å². The topological polar surface area (TPSA) is 36.0 Å². The summed E-state index contributed by atoms with van der Waals surface area (Å²) in [7, 11) is 0. The van der Waals surface area contributed by atoms with Gasteiger partial charge in [-0.25, -0.2) is 0 Å². The molecule has 2 saturated heterocycles. The van der Waals surface area contributed by atoms with Crippen LogP contribution in [0.5, 0.6) is 0 Å². The Morgan fingerprint density at radius 2 is 1.41 bits per heavy atom. The lowest BCUT2D eigenvalue weighted by atomic mass is 9.88. The van der Waals surface area contributed by atoms with E-state index in [1.165, 1.54) is 19.3 Å². The lowest BCUT2D eigenvalue weighted by Crippen LogP contribution is -2.52. The molecule has 5 nitrogen and oxygen atoms in total. The van der Waals surface area contributed by atoms with Crippen LogP contribution in [0.15, 0.2) is 0 Å². The van der Waals surface area contributed by atoms with Gasteiger partial charge >= 0.3 is 0 Å². The van der Waals surface area contributed by atoms with Crippen molar-refractivity contribution in [1.82, 2.24) is 14.7 Å². The Balaban J connectivity index is 1.35. The van der Waals surface area contributed by atoms with Gasteiger partial charge in [0.15, 0.2) is 0 Å². The summed E-state index contributed by atoms with van der Waals surface area (Å²) < 4.78 is 5.39. The number of piperazine rings is 1. The van der Waals surface area contributed by atoms with E-state index in [1.807, 2.05) is 0 Å². The monoisotopic (exact) mass is 309 g/mol. The smallest absolute Gasteiger partial charge is 0.225 e. The fourth-order valence-corrected chi connectivity index (χ4v) is 3.91. The average Bonchev–Trinajstić information content (AvgIpc) is 2.61. The Kier molecular flexibility index (Phi) is 6.10. The van der Waals surface area contributed by atoms with Gasteiger partial charge in [0.25, 0.3) is 0 Å². The maximum absolute atomic E-state index is 12.6. The Morgan fingerprint density at radius 1 is 0.818 bits per heavy atom. The van der Waals surface area contributed by atoms with Crippen LogP contribution < -0.4 is 0 Å². The molecule has 0 aromatic carbocycles. The molecule has 0 aromatic rings. The molecule has 3 rings (SSSR count). The number of nitrogens with zero attached hydrogens (tertiary/aromatic N) is 3. The van der Waals surface area contributed by atoms with Crippen LogP contribution in [0.2, 0.25) is 0 Å². The molecule has 3 fully saturated rings. The van der Waals surface area contributed by atoms with Crippen LogP contribution in [0.1, 0.15) is 32.1 Å². The van der Waals surface area contributed by atoms with E-state index in [0.717, 1.165) is 78.4 Å². The summed E-state index contributed by atoms with van der Waals surface area (Å²) in [6, 6.07) is 0. The number of carbonyl (C=O) groups is 1. The molecular formula is C17H31N3O2. The van der Waals surface area contributed by atoms with E-state index in [2.05, 4.69) is 14.7 Å². The van der Waals surface area contributed by atoms with E-state index in [4.69, 9.17) is 4.74 Å². The maximum atomic E-state index is 12.6. The third kappa shape index (κ3) is 4.43. The molecule has 0 unspecified atom stereocenters. The average molecular weight is 309 g/mol. The summed E-state index contributed by atoms with van der Waals surface area (Å²) in [5, 5.41) is 0. The third-order valence-electron chi connectivity index (χ3n) is 5.47. The van der Waals surface area contributed by atoms with E-state index in [1.54, 1.807) is 0 Å². The van der Waals surface area contributed by atoms with Gasteiger partial charge in [-0.05, 0) is 12.8 Å². The van der Waals surface area contributed by atoms with E-state index >= 15 is 0 Å². The molecular weight excluding hydrogens is 278 g/mol. The first-order valence-corrected chi connectivity index (χ1v) is 9.14. The van der Waals surface area contributed by atoms with E-state index in [-0.39, 0.29) is 0 Å². The number of hydrogen-bond donors (Lipinski definition) is 0. The van der Waals surface area contributed by atoms with Crippen LogP contribution in [0.25, 0.3) is 0 Å². The molecule has 22 heavy (non-hydrogen) atoms. The van der Waals surface area contributed by atoms with Gasteiger partial charge < -0.3 is 9.64 Å². The van der Waals surface area contributed by atoms with E-state index in [9.17, 15) is 4.79 Å². The van der Waals surface area contributed by atoms with Crippen LogP contribution in [0, 0.1) is 5.92 Å². The van der Waals surface area contributed by atoms with Crippen molar-refractivity contribution in [2.24, 2.45) is 5.92 Å². The van der Waals surface area contributed by atoms with Crippen molar-refractivity contribution in [2.75, 3.05) is 65.6 Å². The van der Waals surface area contributed by atoms with Crippen molar-refractivity contribution in [3.63, 3.8) is 0 Å². The second kappa shape index (κ2) is 8.27. The van der Waals surface area contributed by atoms with Gasteiger partial charge in [-0.3, -0.25) is 14.6 Å². The Morgan fingerprint density at radius 3 is 2.05 bits per heavy atom. The molecule has 0 aromatic heterocycles. The molecule has 0 radical (unpaired) electrons. The molecule has 1 saturated carbocycles. The largest absolute Gasteiger partial charge is 0.379 e. The Bertz CT molecular complexity index is 344. The quantitative estimate of drug-likeness (QED) is 0.777. The summed E-state index contributed by atoms with van der Waals surface area (Å²) >= 11 is 0. The number of amides is 1. The Labute approximate surface area is 134 Å². The highest BCUT2D eigenvalue weighted by Crippen LogP contribution is 2.25. The van der Waals surface area contributed by atoms with Crippen molar-refractivity contribution in [3.8, 4) is 0 Å². The third-order valence-corrected chi connectivity index (χ3v) is 5.47. The summed E-state index contributed by atoms with van der Waals surface area (Å²) in [5.74, 6) is 0.765. The van der Waals surface area contributed by atoms with Crippen molar-refractivity contribution < 1.29 is 9.53 Å². The fraction of sp³-hybridized carbons (Fsp3) is 0.941. The molecule has 1 aliphatic carbocycles. The van der Waals surface area contributed by atoms with Crippen LogP contribution in [-0.4, -0.2) is 86.2 Å². The molecule has 0 spiro atoms. The molecule has 0 bridgehead atoms. The minimum Gasteiger partial charge on any atom is -0.379 e. The number of hydrogen-bond acceptors (Lipinski definition) is 4. The SMILES string of the molecule is O=C(C1CCCCC1)N1CCN(CCN2CCOCC2)CC1. The van der Waals surface area contributed by atoms with Gasteiger partial charge in [-0.15, -0.1) is 0 Å². The minimum absolute atomic E-state index is 0.327. The summed E-state index contributed by atoms with van der Waals surface area (Å²) in [4.78, 5) is 19.7. The lowest BCUT2D eigenvalue weighted by Gasteiger charge is -2.38. The van der Waals surface area contributed by atoms with Crippen LogP contribution in [0.3, 0.4) is 0 Å². The highest BCUT2D eigenvalue weighted by Gasteiger charge is 2.28. The van der Waals surface area contributed by atoms with Gasteiger partial charge in [-0.1, -0.05) is 19.3 Å². The number of carbonyl (C=O) groups excluding carboxylic acids is 1. The minimum atomic E-state index is 0.327. The van der Waals surface area contributed by atoms with Gasteiger partial charge in [0, 0.05) is 58.3 Å². The second-order valence-corrected chi connectivity index (χ2v) is 6.96. The van der Waals surface area contributed by atoms with Crippen LogP contribution in [0.4, 0.5) is 0 Å². The van der Waals surface area contributed by atoms with Crippen molar-refractivity contribution in [2.45, 2.75) is 32.1 Å². The second-order valence-electron chi connectivity index (χ2n) is 6.96. The first-order valence-electron chi connectivity index (χ1n) is 9.14. The summed E-state index contributed by atoms with van der Waals surface area (Å²) in [5.41, 5.74) is 0. The predicted molar refractivity (Wildman–Crippen MR) is 86.9 cm³/mol. The summed E-state index contributed by atoms with van der Waals surface area (Å²) in [6.45, 7) is 10.1. The molecule has 3 aliphatic rings. The standard InChI is InChI=1S/C17H31N3O2/c21-17(16-4-2-1-3-5-16)20-10-8-18(9-11-20)6-7-19-12-14-22-15-13-19/h16H,1-15H2. The fourth-order valence-electron chi connectivity index (χ4n) is 3.91. The Hall–Kier alpha value is -0.650. The maximum Gasteiger partial charge on any atom is 0.225 e. The van der Waals surface area contributed by atoms with Gasteiger partial charge in [0.1, 0.15) is 0 Å². The first-order chi connectivity index (χ1) is 10.8. The van der Waals surface area contributed by atoms with Gasteiger partial charge in [0.2, 0.25) is 5.91 Å². The van der Waals surface area contributed by atoms with Crippen molar-refractivity contribution in [1.29, 1.82) is 0 Å². The zero-order valence-corrected chi connectivity index (χ0v) is 13.8. The zero-order valence-electron chi connectivity index (χ0n) is 13.8. The molecule has 2 aliphatic heterocycles. The molecule has 2 heterocycles. The molecule has 1 amide bonds. The normalized spacial score (nSPS) is 26.3. The molecule has 126 valence electrons. The van der Waals surface area contributed by atoms with E-state index in [0.29, 0.717) is 11.8 Å². The lowest BCUT2D eigenvalue weighted by molar-refractivity contribution is -0.138. The number of ether oxygens (including phenoxy) is 1. The predicted octanol–water partition coefficient (Wildman–Crippen LogP) is 1.04. The number of rotatable bonds is 4. The van der Waals surface area contributed by atoms with Crippen LogP contribution in [-0.2, 0) is 9.53 Å². The highest BCUT2D eigenvalue weighted by molar-refractivity contribution is 5.79. The first kappa shape index (κ1) is 16.2. The molecule has 0 atom stereocenters. The van der Waals surface area contributed by atoms with Gasteiger partial charge in [-0.2, -0.15) is 0 Å². The zero-order chi connectivity index (χ0) is 15.2. The highest BCUT2D eigenvalue weighted by atomic mass is 16.5. The molecule has 0 N–H and O–H groups in total.